The zero-order valence-corrected chi connectivity index (χ0v) is 38.8. The van der Waals surface area contributed by atoms with Gasteiger partial charge in [-0.25, -0.2) is 4.98 Å². The van der Waals surface area contributed by atoms with Gasteiger partial charge in [-0.05, 0) is 106 Å². The number of aromatic nitrogens is 5. The molecule has 0 N–H and O–H groups in total. The monoisotopic (exact) mass is 1040 g/mol. The van der Waals surface area contributed by atoms with E-state index in [4.69, 9.17) is 23.4 Å². The Morgan fingerprint density at radius 1 is 0.621 bits per heavy atom. The van der Waals surface area contributed by atoms with Crippen LogP contribution in [0.15, 0.2) is 182 Å². The molecule has 7 heteroatoms. The fourth-order valence-corrected chi connectivity index (χ4v) is 8.51. The molecule has 324 valence electrons. The molecule has 0 spiro atoms. The quantitative estimate of drug-likeness (QED) is 0.113. The third-order valence-electron chi connectivity index (χ3n) is 11.5. The number of para-hydroxylation sites is 2. The van der Waals surface area contributed by atoms with Crippen LogP contribution >= 0.6 is 0 Å². The van der Waals surface area contributed by atoms with Crippen molar-refractivity contribution in [1.82, 2.24) is 19.1 Å². The molecule has 0 unspecified atom stereocenters. The molecule has 0 radical (unpaired) electrons. The molecule has 0 aliphatic rings. The number of aryl methyl sites for hydroxylation is 2. The number of pyridine rings is 2. The maximum atomic E-state index is 9.14. The molecule has 4 heterocycles. The molecule has 11 rings (SSSR count). The van der Waals surface area contributed by atoms with Gasteiger partial charge in [0, 0.05) is 55.7 Å². The topological polar surface area (TPSA) is 48.8 Å². The van der Waals surface area contributed by atoms with Crippen LogP contribution in [-0.2, 0) is 26.5 Å². The molecule has 4 aromatic heterocycles. The fraction of sp³-hybridized carbons (Fsp3) is 0.102. The summed E-state index contributed by atoms with van der Waals surface area (Å²) in [6.07, 6.45) is 5.31. The molecule has 0 fully saturated rings. The molecular weight excluding hydrogens is 990 g/mol. The number of imidazole rings is 1. The van der Waals surface area contributed by atoms with Crippen LogP contribution in [0.4, 0.5) is 0 Å². The van der Waals surface area contributed by atoms with Crippen LogP contribution in [0.1, 0.15) is 51.4 Å². The maximum Gasteiger partial charge on any atom is 0.268 e. The Hall–Kier alpha value is -7.40. The first kappa shape index (κ1) is 32.3. The Morgan fingerprint density at radius 2 is 1.30 bits per heavy atom. The fourth-order valence-electron chi connectivity index (χ4n) is 8.51. The second kappa shape index (κ2) is 17.2. The minimum atomic E-state index is -0.581. The van der Waals surface area contributed by atoms with Crippen molar-refractivity contribution in [3.63, 3.8) is 0 Å². The number of hydrogen-bond acceptors (Lipinski definition) is 3. The molecule has 0 atom stereocenters. The van der Waals surface area contributed by atoms with Crippen molar-refractivity contribution in [3.05, 3.63) is 217 Å². The van der Waals surface area contributed by atoms with Crippen LogP contribution in [0.25, 0.3) is 83.4 Å². The largest absolute Gasteiger partial charge is 0.510 e. The Kier molecular flexibility index (Phi) is 8.41. The van der Waals surface area contributed by atoms with Gasteiger partial charge in [-0.2, -0.15) is 18.2 Å². The zero-order valence-electron chi connectivity index (χ0n) is 46.5. The Bertz CT molecular complexity index is 4040. The molecular formula is C59H45N5OPt-2. The number of hydrogen-bond donors (Lipinski definition) is 0. The minimum absolute atomic E-state index is 0. The van der Waals surface area contributed by atoms with Gasteiger partial charge in [-0.1, -0.05) is 135 Å². The number of nitrogens with zero attached hydrogens (tertiary/aromatic N) is 5. The molecule has 11 aromatic rings. The van der Waals surface area contributed by atoms with Gasteiger partial charge < -0.3 is 13.9 Å². The van der Waals surface area contributed by atoms with Crippen molar-refractivity contribution in [2.75, 3.05) is 0 Å². The summed E-state index contributed by atoms with van der Waals surface area (Å²) in [6.45, 7) is 10.4. The average Bonchev–Trinajstić information content (AvgIpc) is 3.94. The molecule has 6 nitrogen and oxygen atoms in total. The van der Waals surface area contributed by atoms with Gasteiger partial charge in [0.25, 0.3) is 6.33 Å². The first-order valence-corrected chi connectivity index (χ1v) is 21.2. The molecule has 0 saturated carbocycles. The molecule has 0 amide bonds. The van der Waals surface area contributed by atoms with Gasteiger partial charge in [-0.15, -0.1) is 29.7 Å². The Balaban J connectivity index is 0.00000657. The van der Waals surface area contributed by atoms with Gasteiger partial charge in [0.15, 0.2) is 0 Å². The summed E-state index contributed by atoms with van der Waals surface area (Å²) < 4.78 is 100. The molecule has 0 aliphatic carbocycles. The van der Waals surface area contributed by atoms with Crippen LogP contribution < -0.4 is 9.30 Å². The number of rotatable bonds is 8. The van der Waals surface area contributed by atoms with Crippen molar-refractivity contribution in [2.45, 2.75) is 40.0 Å². The van der Waals surface area contributed by atoms with Gasteiger partial charge >= 0.3 is 0 Å². The van der Waals surface area contributed by atoms with Gasteiger partial charge in [-0.3, -0.25) is 9.55 Å². The molecule has 0 saturated heterocycles. The molecule has 0 bridgehead atoms. The predicted octanol–water partition coefficient (Wildman–Crippen LogP) is 13.9. The van der Waals surface area contributed by atoms with Crippen molar-refractivity contribution in [2.24, 2.45) is 0 Å². The Labute approximate surface area is 413 Å². The number of fused-ring (bicyclic) bond motifs is 4. The van der Waals surface area contributed by atoms with E-state index < -0.39 is 60.4 Å². The van der Waals surface area contributed by atoms with E-state index in [0.717, 1.165) is 55.7 Å². The smallest absolute Gasteiger partial charge is 0.268 e. The van der Waals surface area contributed by atoms with E-state index >= 15 is 0 Å². The Morgan fingerprint density at radius 3 is 2.02 bits per heavy atom. The summed E-state index contributed by atoms with van der Waals surface area (Å²) in [5.74, 6) is 1.51. The zero-order chi connectivity index (χ0) is 52.9. The maximum absolute atomic E-state index is 9.14. The van der Waals surface area contributed by atoms with Gasteiger partial charge in [0.05, 0.1) is 30.4 Å². The second-order valence-electron chi connectivity index (χ2n) is 16.9. The molecule has 7 aromatic carbocycles. The van der Waals surface area contributed by atoms with E-state index in [2.05, 4.69) is 67.0 Å². The third-order valence-corrected chi connectivity index (χ3v) is 11.5. The van der Waals surface area contributed by atoms with E-state index in [1.54, 1.807) is 33.4 Å². The van der Waals surface area contributed by atoms with E-state index in [1.165, 1.54) is 0 Å². The van der Waals surface area contributed by atoms with Crippen LogP contribution in [0.5, 0.6) is 11.5 Å². The van der Waals surface area contributed by atoms with Crippen molar-refractivity contribution in [3.8, 4) is 62.1 Å². The summed E-state index contributed by atoms with van der Waals surface area (Å²) in [5, 5.41) is 2.01. The summed E-state index contributed by atoms with van der Waals surface area (Å²) in [5.41, 5.74) is 7.78. The predicted molar refractivity (Wildman–Crippen MR) is 262 cm³/mol. The van der Waals surface area contributed by atoms with Crippen molar-refractivity contribution < 1.29 is 44.1 Å². The van der Waals surface area contributed by atoms with Gasteiger partial charge in [0.2, 0.25) is 0 Å². The first-order valence-electron chi connectivity index (χ1n) is 26.2. The SMILES string of the molecule is [2H]c1c([2H])c([2H])c(-c2cccc(-c3c([2H])c([2H])c([2H])c([2H])c3[2H])c2-[n+]2[c-]n(-c3[c-]c(Oc4[c-]c5c(cc4)c4ccccc4n5-c4cc(C(C)(C)C)ccn4)ccc3)c3cc(-c4cc(C)nc(C)c4)ccc32)c([2H])c1[2H].[Pt]. The van der Waals surface area contributed by atoms with Crippen LogP contribution in [-0.4, -0.2) is 19.1 Å². The van der Waals surface area contributed by atoms with Crippen LogP contribution in [0.2, 0.25) is 0 Å². The third kappa shape index (κ3) is 7.82. The normalized spacial score (nSPS) is 13.7. The standard InChI is InChI=1S/C59H45N5O.Pt/c1-39-32-44(33-40(2)61-39)43-26-29-54-56(34-43)62(38-63(54)58-49(41-16-8-6-9-17-41)23-15-24-50(58)42-18-10-7-11-19-42)46-20-14-21-47(36-46)65-48-27-28-52-51-22-12-13-25-53(51)64(55(52)37-48)57-35-45(30-31-60-57)59(3,4)5;/h6-35H,1-5H3;/q-2;/i6D,7D,8D,9D,10D,11D,16D,17D,18D,19D;. The van der Waals surface area contributed by atoms with E-state index in [9.17, 15) is 0 Å². The van der Waals surface area contributed by atoms with E-state index in [0.29, 0.717) is 28.2 Å². The summed E-state index contributed by atoms with van der Waals surface area (Å²) in [7, 11) is 0. The average molecular weight is 1050 g/mol. The van der Waals surface area contributed by atoms with Crippen molar-refractivity contribution >= 4 is 32.8 Å². The van der Waals surface area contributed by atoms with E-state index in [-0.39, 0.29) is 54.4 Å². The first-order chi connectivity index (χ1) is 35.8. The van der Waals surface area contributed by atoms with Gasteiger partial charge in [0.1, 0.15) is 5.82 Å². The second-order valence-corrected chi connectivity index (χ2v) is 16.9. The minimum Gasteiger partial charge on any atom is -0.510 e. The van der Waals surface area contributed by atoms with Crippen LogP contribution in [0.3, 0.4) is 0 Å². The number of ether oxygens (including phenoxy) is 1. The summed E-state index contributed by atoms with van der Waals surface area (Å²) >= 11 is 0. The molecule has 0 aliphatic heterocycles. The summed E-state index contributed by atoms with van der Waals surface area (Å²) in [4.78, 5) is 9.42. The number of benzene rings is 7. The van der Waals surface area contributed by atoms with Crippen LogP contribution in [0, 0.1) is 32.3 Å². The molecule has 66 heavy (non-hydrogen) atoms. The summed E-state index contributed by atoms with van der Waals surface area (Å²) in [6, 6.07) is 37.7. The van der Waals surface area contributed by atoms with Crippen molar-refractivity contribution in [1.29, 1.82) is 0 Å². The van der Waals surface area contributed by atoms with E-state index in [1.807, 2.05) is 92.8 Å².